The van der Waals surface area contributed by atoms with Crippen LogP contribution in [-0.4, -0.2) is 15.9 Å². The van der Waals surface area contributed by atoms with E-state index >= 15 is 0 Å². The SMILES string of the molecule is O=C1C(O)=C(c2ccc(Cl)cc2)[C@@H](c2ccc(Cl)cc2)N1Cc1ccc(Cl)cc1. The molecule has 4 rings (SSSR count). The van der Waals surface area contributed by atoms with Crippen LogP contribution in [0.3, 0.4) is 0 Å². The molecule has 6 heteroatoms. The van der Waals surface area contributed by atoms with Gasteiger partial charge in [-0.05, 0) is 53.1 Å². The molecule has 0 saturated carbocycles. The maximum Gasteiger partial charge on any atom is 0.290 e. The molecule has 0 saturated heterocycles. The van der Waals surface area contributed by atoms with Gasteiger partial charge in [-0.15, -0.1) is 0 Å². The van der Waals surface area contributed by atoms with Crippen LogP contribution >= 0.6 is 34.8 Å². The number of hydrogen-bond acceptors (Lipinski definition) is 2. The Bertz CT molecular complexity index is 1070. The fraction of sp³-hybridized carbons (Fsp3) is 0.0870. The van der Waals surface area contributed by atoms with Crippen LogP contribution in [0.4, 0.5) is 0 Å². The van der Waals surface area contributed by atoms with Crippen LogP contribution < -0.4 is 0 Å². The fourth-order valence-electron chi connectivity index (χ4n) is 3.52. The minimum absolute atomic E-state index is 0.263. The summed E-state index contributed by atoms with van der Waals surface area (Å²) in [6, 6.07) is 21.2. The van der Waals surface area contributed by atoms with E-state index in [1.165, 1.54) is 0 Å². The van der Waals surface area contributed by atoms with E-state index in [1.54, 1.807) is 53.4 Å². The van der Waals surface area contributed by atoms with Crippen molar-refractivity contribution in [2.75, 3.05) is 0 Å². The first-order chi connectivity index (χ1) is 13.9. The van der Waals surface area contributed by atoms with Crippen molar-refractivity contribution < 1.29 is 9.90 Å². The lowest BCUT2D eigenvalue weighted by molar-refractivity contribution is -0.130. The quantitative estimate of drug-likeness (QED) is 0.486. The molecule has 1 aliphatic heterocycles. The van der Waals surface area contributed by atoms with E-state index in [9.17, 15) is 9.90 Å². The third kappa shape index (κ3) is 3.99. The van der Waals surface area contributed by atoms with Gasteiger partial charge in [-0.1, -0.05) is 71.2 Å². The topological polar surface area (TPSA) is 40.5 Å². The Morgan fingerprint density at radius 1 is 0.759 bits per heavy atom. The van der Waals surface area contributed by atoms with E-state index in [4.69, 9.17) is 34.8 Å². The molecule has 146 valence electrons. The zero-order valence-corrected chi connectivity index (χ0v) is 17.4. The molecule has 0 radical (unpaired) electrons. The highest BCUT2D eigenvalue weighted by Gasteiger charge is 2.40. The summed E-state index contributed by atoms with van der Waals surface area (Å²) in [6.45, 7) is 0.324. The highest BCUT2D eigenvalue weighted by atomic mass is 35.5. The van der Waals surface area contributed by atoms with Gasteiger partial charge in [0.05, 0.1) is 6.04 Å². The average Bonchev–Trinajstić information content (AvgIpc) is 2.96. The number of amides is 1. The fourth-order valence-corrected chi connectivity index (χ4v) is 3.90. The summed E-state index contributed by atoms with van der Waals surface area (Å²) in [5, 5.41) is 12.6. The normalized spacial score (nSPS) is 16.6. The van der Waals surface area contributed by atoms with E-state index in [0.29, 0.717) is 27.2 Å². The number of rotatable bonds is 4. The van der Waals surface area contributed by atoms with Gasteiger partial charge in [-0.25, -0.2) is 0 Å². The van der Waals surface area contributed by atoms with Gasteiger partial charge in [0, 0.05) is 27.2 Å². The summed E-state index contributed by atoms with van der Waals surface area (Å²) in [4.78, 5) is 14.7. The molecule has 0 bridgehead atoms. The minimum Gasteiger partial charge on any atom is -0.503 e. The molecule has 1 N–H and O–H groups in total. The molecule has 1 atom stereocenters. The van der Waals surface area contributed by atoms with Gasteiger partial charge >= 0.3 is 0 Å². The van der Waals surface area contributed by atoms with Gasteiger partial charge in [-0.3, -0.25) is 4.79 Å². The van der Waals surface area contributed by atoms with Crippen LogP contribution in [0, 0.1) is 0 Å². The zero-order chi connectivity index (χ0) is 20.5. The predicted molar refractivity (Wildman–Crippen MR) is 117 cm³/mol. The first-order valence-electron chi connectivity index (χ1n) is 8.94. The second-order valence-corrected chi connectivity index (χ2v) is 8.09. The standard InChI is InChI=1S/C23H16Cl3NO2/c24-17-7-1-14(2-8-17)13-27-21(16-5-11-19(26)12-6-16)20(22(28)23(27)29)15-3-9-18(25)10-4-15/h1-12,21,28H,13H2/t21-/m1/s1. The largest absolute Gasteiger partial charge is 0.503 e. The van der Waals surface area contributed by atoms with E-state index in [0.717, 1.165) is 16.7 Å². The number of benzene rings is 3. The zero-order valence-electron chi connectivity index (χ0n) is 15.1. The van der Waals surface area contributed by atoms with Crippen molar-refractivity contribution in [2.45, 2.75) is 12.6 Å². The lowest BCUT2D eigenvalue weighted by Crippen LogP contribution is -2.29. The maximum absolute atomic E-state index is 13.0. The van der Waals surface area contributed by atoms with Gasteiger partial charge in [0.2, 0.25) is 0 Å². The first-order valence-corrected chi connectivity index (χ1v) is 10.1. The molecule has 0 aromatic heterocycles. The molecule has 1 aliphatic rings. The monoisotopic (exact) mass is 443 g/mol. The van der Waals surface area contributed by atoms with Crippen LogP contribution in [-0.2, 0) is 11.3 Å². The average molecular weight is 445 g/mol. The van der Waals surface area contributed by atoms with Crippen LogP contribution in [0.25, 0.3) is 5.57 Å². The number of halogens is 3. The first kappa shape index (κ1) is 19.8. The molecule has 3 aromatic rings. The Morgan fingerprint density at radius 3 is 1.79 bits per heavy atom. The van der Waals surface area contributed by atoms with Crippen LogP contribution in [0.5, 0.6) is 0 Å². The summed E-state index contributed by atoms with van der Waals surface area (Å²) >= 11 is 18.1. The third-order valence-electron chi connectivity index (χ3n) is 4.91. The molecule has 3 nitrogen and oxygen atoms in total. The Hall–Kier alpha value is -2.46. The molecule has 3 aromatic carbocycles. The second-order valence-electron chi connectivity index (χ2n) is 6.78. The Balaban J connectivity index is 1.80. The smallest absolute Gasteiger partial charge is 0.290 e. The van der Waals surface area contributed by atoms with Crippen molar-refractivity contribution in [2.24, 2.45) is 0 Å². The Morgan fingerprint density at radius 2 is 1.24 bits per heavy atom. The highest BCUT2D eigenvalue weighted by Crippen LogP contribution is 2.44. The molecule has 1 heterocycles. The summed E-state index contributed by atoms with van der Waals surface area (Å²) in [6.07, 6.45) is 0. The predicted octanol–water partition coefficient (Wildman–Crippen LogP) is 6.70. The lowest BCUT2D eigenvalue weighted by Gasteiger charge is -2.27. The van der Waals surface area contributed by atoms with Crippen molar-refractivity contribution in [3.63, 3.8) is 0 Å². The molecular weight excluding hydrogens is 429 g/mol. The number of aliphatic hydroxyl groups is 1. The van der Waals surface area contributed by atoms with Crippen molar-refractivity contribution in [1.29, 1.82) is 0 Å². The minimum atomic E-state index is -0.461. The van der Waals surface area contributed by atoms with Gasteiger partial charge in [-0.2, -0.15) is 0 Å². The van der Waals surface area contributed by atoms with Crippen LogP contribution in [0.15, 0.2) is 78.6 Å². The van der Waals surface area contributed by atoms with Crippen molar-refractivity contribution >= 4 is 46.3 Å². The van der Waals surface area contributed by atoms with Gasteiger partial charge in [0.15, 0.2) is 5.76 Å². The highest BCUT2D eigenvalue weighted by molar-refractivity contribution is 6.31. The van der Waals surface area contributed by atoms with Crippen molar-refractivity contribution in [3.8, 4) is 0 Å². The maximum atomic E-state index is 13.0. The summed E-state index contributed by atoms with van der Waals surface area (Å²) < 4.78 is 0. The molecule has 1 amide bonds. The second kappa shape index (κ2) is 8.11. The number of nitrogens with zero attached hydrogens (tertiary/aromatic N) is 1. The van der Waals surface area contributed by atoms with Gasteiger partial charge < -0.3 is 10.0 Å². The van der Waals surface area contributed by atoms with E-state index in [-0.39, 0.29) is 5.76 Å². The Kier molecular flexibility index (Phi) is 5.55. The molecule has 29 heavy (non-hydrogen) atoms. The molecule has 0 spiro atoms. The molecular formula is C23H16Cl3NO2. The summed E-state index contributed by atoms with van der Waals surface area (Å²) in [5.74, 6) is -0.689. The molecule has 0 fully saturated rings. The number of hydrogen-bond donors (Lipinski definition) is 1. The van der Waals surface area contributed by atoms with E-state index in [2.05, 4.69) is 0 Å². The van der Waals surface area contributed by atoms with E-state index < -0.39 is 11.9 Å². The van der Waals surface area contributed by atoms with Crippen LogP contribution in [0.1, 0.15) is 22.7 Å². The summed E-state index contributed by atoms with van der Waals surface area (Å²) in [7, 11) is 0. The number of carbonyl (C=O) groups is 1. The van der Waals surface area contributed by atoms with Gasteiger partial charge in [0.25, 0.3) is 5.91 Å². The van der Waals surface area contributed by atoms with Crippen molar-refractivity contribution in [3.05, 3.63) is 110 Å². The van der Waals surface area contributed by atoms with E-state index in [1.807, 2.05) is 24.3 Å². The third-order valence-corrected chi connectivity index (χ3v) is 5.67. The Labute approximate surface area is 183 Å². The van der Waals surface area contributed by atoms with Gasteiger partial charge in [0.1, 0.15) is 0 Å². The number of aliphatic hydroxyl groups excluding tert-OH is 1. The van der Waals surface area contributed by atoms with Crippen LogP contribution in [0.2, 0.25) is 15.1 Å². The summed E-state index contributed by atoms with van der Waals surface area (Å²) in [5.41, 5.74) is 3.04. The molecule has 0 unspecified atom stereocenters. The number of carbonyl (C=O) groups excluding carboxylic acids is 1. The van der Waals surface area contributed by atoms with Crippen molar-refractivity contribution in [1.82, 2.24) is 4.90 Å². The lowest BCUT2D eigenvalue weighted by atomic mass is 9.93. The molecule has 0 aliphatic carbocycles.